The summed E-state index contributed by atoms with van der Waals surface area (Å²) < 4.78 is 6.32. The van der Waals surface area contributed by atoms with E-state index < -0.39 is 0 Å². The molecule has 0 aromatic heterocycles. The maximum Gasteiger partial charge on any atom is 0.191 e. The third-order valence-electron chi connectivity index (χ3n) is 4.84. The second-order valence-corrected chi connectivity index (χ2v) is 7.48. The number of aromatic hydroxyl groups is 1. The molecule has 2 aromatic rings. The molecular weight excluding hydrogens is 394 g/mol. The summed E-state index contributed by atoms with van der Waals surface area (Å²) in [5.74, 6) is 1.67. The molecule has 1 fully saturated rings. The molecule has 3 rings (SSSR count). The standard InChI is InChI=1S/C20H24BrN3O2/c1-22-19(23-12-14-10-17(26-2)6-7-18(14)25)24-13-20(8-9-20)15-4-3-5-16(21)11-15/h3-7,10-11,25H,8-9,12-13H2,1-2H3,(H2,22,23,24). The van der Waals surface area contributed by atoms with Gasteiger partial charge < -0.3 is 20.5 Å². The minimum absolute atomic E-state index is 0.180. The number of rotatable bonds is 6. The average Bonchev–Trinajstić information content (AvgIpc) is 3.44. The molecule has 6 heteroatoms. The van der Waals surface area contributed by atoms with Gasteiger partial charge >= 0.3 is 0 Å². The molecule has 0 heterocycles. The maximum atomic E-state index is 10.00. The molecule has 1 saturated carbocycles. The van der Waals surface area contributed by atoms with Gasteiger partial charge in [0, 0.05) is 35.6 Å². The van der Waals surface area contributed by atoms with Gasteiger partial charge in [-0.05, 0) is 48.7 Å². The number of hydrogen-bond donors (Lipinski definition) is 3. The molecule has 0 atom stereocenters. The van der Waals surface area contributed by atoms with Gasteiger partial charge in [0.25, 0.3) is 0 Å². The predicted octanol–water partition coefficient (Wildman–Crippen LogP) is 3.56. The summed E-state index contributed by atoms with van der Waals surface area (Å²) in [6, 6.07) is 13.7. The van der Waals surface area contributed by atoms with Crippen molar-refractivity contribution in [3.05, 3.63) is 58.1 Å². The lowest BCUT2D eigenvalue weighted by Gasteiger charge is -2.19. The van der Waals surface area contributed by atoms with Crippen molar-refractivity contribution < 1.29 is 9.84 Å². The van der Waals surface area contributed by atoms with Gasteiger partial charge in [-0.25, -0.2) is 0 Å². The van der Waals surface area contributed by atoms with E-state index >= 15 is 0 Å². The highest BCUT2D eigenvalue weighted by atomic mass is 79.9. The number of hydrogen-bond acceptors (Lipinski definition) is 3. The van der Waals surface area contributed by atoms with Crippen molar-refractivity contribution in [2.24, 2.45) is 4.99 Å². The number of benzene rings is 2. The second kappa shape index (κ2) is 7.99. The fourth-order valence-electron chi connectivity index (χ4n) is 3.02. The number of methoxy groups -OCH3 is 1. The Hall–Kier alpha value is -2.21. The summed E-state index contributed by atoms with van der Waals surface area (Å²) in [4.78, 5) is 4.29. The van der Waals surface area contributed by atoms with E-state index in [0.29, 0.717) is 18.3 Å². The molecule has 0 aliphatic heterocycles. The van der Waals surface area contributed by atoms with Crippen LogP contribution in [0.2, 0.25) is 0 Å². The minimum Gasteiger partial charge on any atom is -0.508 e. The molecule has 138 valence electrons. The first-order chi connectivity index (χ1) is 12.6. The van der Waals surface area contributed by atoms with Crippen LogP contribution in [0.3, 0.4) is 0 Å². The van der Waals surface area contributed by atoms with Gasteiger partial charge in [-0.15, -0.1) is 0 Å². The number of phenolic OH excluding ortho intramolecular Hbond substituents is 1. The molecule has 26 heavy (non-hydrogen) atoms. The Morgan fingerprint density at radius 3 is 2.69 bits per heavy atom. The first-order valence-electron chi connectivity index (χ1n) is 8.63. The van der Waals surface area contributed by atoms with Crippen LogP contribution in [0, 0.1) is 0 Å². The highest BCUT2D eigenvalue weighted by Gasteiger charge is 2.44. The van der Waals surface area contributed by atoms with E-state index in [4.69, 9.17) is 4.74 Å². The predicted molar refractivity (Wildman–Crippen MR) is 108 cm³/mol. The Balaban J connectivity index is 1.59. The molecule has 2 aromatic carbocycles. The van der Waals surface area contributed by atoms with Crippen molar-refractivity contribution in [1.29, 1.82) is 0 Å². The molecule has 1 aliphatic carbocycles. The van der Waals surface area contributed by atoms with E-state index in [-0.39, 0.29) is 11.2 Å². The number of nitrogens with one attached hydrogen (secondary N) is 2. The molecule has 0 saturated heterocycles. The van der Waals surface area contributed by atoms with Gasteiger partial charge in [-0.3, -0.25) is 4.99 Å². The Morgan fingerprint density at radius 1 is 1.23 bits per heavy atom. The van der Waals surface area contributed by atoms with E-state index in [1.165, 1.54) is 18.4 Å². The monoisotopic (exact) mass is 417 g/mol. The molecule has 0 radical (unpaired) electrons. The highest BCUT2D eigenvalue weighted by Crippen LogP contribution is 2.48. The summed E-state index contributed by atoms with van der Waals surface area (Å²) in [6.07, 6.45) is 2.34. The second-order valence-electron chi connectivity index (χ2n) is 6.56. The summed E-state index contributed by atoms with van der Waals surface area (Å²) in [5.41, 5.74) is 2.29. The van der Waals surface area contributed by atoms with Gasteiger partial charge in [-0.2, -0.15) is 0 Å². The van der Waals surface area contributed by atoms with Crippen LogP contribution in [-0.2, 0) is 12.0 Å². The summed E-state index contributed by atoms with van der Waals surface area (Å²) in [6.45, 7) is 1.29. The lowest BCUT2D eigenvalue weighted by molar-refractivity contribution is 0.410. The van der Waals surface area contributed by atoms with Crippen LogP contribution in [0.5, 0.6) is 11.5 Å². The zero-order valence-corrected chi connectivity index (χ0v) is 16.6. The van der Waals surface area contributed by atoms with Crippen molar-refractivity contribution in [2.75, 3.05) is 20.7 Å². The van der Waals surface area contributed by atoms with Crippen LogP contribution in [0.4, 0.5) is 0 Å². The number of phenols is 1. The van der Waals surface area contributed by atoms with E-state index in [0.717, 1.165) is 16.6 Å². The van der Waals surface area contributed by atoms with Crippen LogP contribution >= 0.6 is 15.9 Å². The van der Waals surface area contributed by atoms with Gasteiger partial charge in [-0.1, -0.05) is 28.1 Å². The molecule has 3 N–H and O–H groups in total. The van der Waals surface area contributed by atoms with E-state index in [1.54, 1.807) is 26.3 Å². The van der Waals surface area contributed by atoms with Gasteiger partial charge in [0.1, 0.15) is 11.5 Å². The fraction of sp³-hybridized carbons (Fsp3) is 0.350. The van der Waals surface area contributed by atoms with Crippen LogP contribution in [0.15, 0.2) is 51.9 Å². The first kappa shape index (κ1) is 18.6. The van der Waals surface area contributed by atoms with Crippen LogP contribution in [0.25, 0.3) is 0 Å². The van der Waals surface area contributed by atoms with Crippen LogP contribution in [0.1, 0.15) is 24.0 Å². The smallest absolute Gasteiger partial charge is 0.191 e. The molecule has 5 nitrogen and oxygen atoms in total. The summed E-state index contributed by atoms with van der Waals surface area (Å²) in [5, 5.41) is 16.7. The lowest BCUT2D eigenvalue weighted by Crippen LogP contribution is -2.40. The van der Waals surface area contributed by atoms with Crippen LogP contribution in [-0.4, -0.2) is 31.8 Å². The van der Waals surface area contributed by atoms with E-state index in [1.807, 2.05) is 12.1 Å². The number of ether oxygens (including phenoxy) is 1. The van der Waals surface area contributed by atoms with E-state index in [2.05, 4.69) is 49.8 Å². The zero-order valence-electron chi connectivity index (χ0n) is 15.1. The van der Waals surface area contributed by atoms with Gasteiger partial charge in [0.15, 0.2) is 5.96 Å². The van der Waals surface area contributed by atoms with Crippen LogP contribution < -0.4 is 15.4 Å². The van der Waals surface area contributed by atoms with Crippen molar-refractivity contribution in [3.63, 3.8) is 0 Å². The SMILES string of the molecule is CN=C(NCc1cc(OC)ccc1O)NCC1(c2cccc(Br)c2)CC1. The number of aliphatic imine (C=N–C) groups is 1. The molecular formula is C20H24BrN3O2. The Labute approximate surface area is 162 Å². The van der Waals surface area contributed by atoms with Gasteiger partial charge in [0.05, 0.1) is 7.11 Å². The zero-order chi connectivity index (χ0) is 18.6. The van der Waals surface area contributed by atoms with Crippen molar-refractivity contribution in [1.82, 2.24) is 10.6 Å². The average molecular weight is 418 g/mol. The van der Waals surface area contributed by atoms with Crippen molar-refractivity contribution in [3.8, 4) is 11.5 Å². The highest BCUT2D eigenvalue weighted by molar-refractivity contribution is 9.10. The van der Waals surface area contributed by atoms with Gasteiger partial charge in [0.2, 0.25) is 0 Å². The Kier molecular flexibility index (Phi) is 5.71. The quantitative estimate of drug-likeness (QED) is 0.496. The largest absolute Gasteiger partial charge is 0.508 e. The van der Waals surface area contributed by atoms with Crippen molar-refractivity contribution >= 4 is 21.9 Å². The molecule has 0 spiro atoms. The molecule has 0 amide bonds. The minimum atomic E-state index is 0.180. The van der Waals surface area contributed by atoms with Crippen molar-refractivity contribution in [2.45, 2.75) is 24.8 Å². The Bertz CT molecular complexity index is 803. The fourth-order valence-corrected chi connectivity index (χ4v) is 3.42. The van der Waals surface area contributed by atoms with E-state index in [9.17, 15) is 5.11 Å². The third-order valence-corrected chi connectivity index (χ3v) is 5.33. The topological polar surface area (TPSA) is 65.9 Å². The first-order valence-corrected chi connectivity index (χ1v) is 9.42. The number of guanidine groups is 1. The summed E-state index contributed by atoms with van der Waals surface area (Å²) in [7, 11) is 3.36. The normalized spacial score (nSPS) is 15.4. The summed E-state index contributed by atoms with van der Waals surface area (Å²) >= 11 is 3.55. The molecule has 0 unspecified atom stereocenters. The number of halogens is 1. The third kappa shape index (κ3) is 4.30. The molecule has 0 bridgehead atoms. The number of nitrogens with zero attached hydrogens (tertiary/aromatic N) is 1. The molecule has 1 aliphatic rings. The lowest BCUT2D eigenvalue weighted by atomic mass is 9.96. The Morgan fingerprint density at radius 2 is 2.04 bits per heavy atom. The maximum absolute atomic E-state index is 10.00.